The van der Waals surface area contributed by atoms with Gasteiger partial charge in [0.15, 0.2) is 11.6 Å². The summed E-state index contributed by atoms with van der Waals surface area (Å²) in [5.41, 5.74) is 0.222. The molecule has 6 heteroatoms. The molecule has 3 rings (SSSR count). The van der Waals surface area contributed by atoms with Crippen LogP contribution < -0.4 is 4.90 Å². The third kappa shape index (κ3) is 3.35. The van der Waals surface area contributed by atoms with Gasteiger partial charge in [0.2, 0.25) is 0 Å². The molecule has 2 fully saturated rings. The average Bonchev–Trinajstić information content (AvgIpc) is 2.56. The number of carbonyl (C=O) groups is 2. The molecule has 0 radical (unpaired) electrons. The lowest BCUT2D eigenvalue weighted by atomic mass is 9.89. The summed E-state index contributed by atoms with van der Waals surface area (Å²) in [6, 6.07) is 3.24. The fourth-order valence-electron chi connectivity index (χ4n) is 3.43. The van der Waals surface area contributed by atoms with Gasteiger partial charge < -0.3 is 9.80 Å². The van der Waals surface area contributed by atoms with Gasteiger partial charge in [0.05, 0.1) is 0 Å². The smallest absolute Gasteiger partial charge is 0.316 e. The highest BCUT2D eigenvalue weighted by Crippen LogP contribution is 2.26. The molecular weight excluding hydrogens is 302 g/mol. The van der Waals surface area contributed by atoms with Crippen LogP contribution in [0.15, 0.2) is 18.2 Å². The largest absolute Gasteiger partial charge is 0.332 e. The number of rotatable bonds is 3. The molecule has 0 N–H and O–H groups in total. The standard InChI is InChI=1S/C17H20F2N2O2/c18-14-7-6-13(10-15(14)19)21-9-8-20(16(22)17(21)23)11-12-4-2-1-3-5-12/h6-7,10,12H,1-5,8-9,11H2. The quantitative estimate of drug-likeness (QED) is 0.803. The fraction of sp³-hybridized carbons (Fsp3) is 0.529. The van der Waals surface area contributed by atoms with Crippen molar-refractivity contribution in [3.63, 3.8) is 0 Å². The first kappa shape index (κ1) is 15.9. The summed E-state index contributed by atoms with van der Waals surface area (Å²) in [4.78, 5) is 27.4. The van der Waals surface area contributed by atoms with Gasteiger partial charge in [-0.15, -0.1) is 0 Å². The van der Waals surface area contributed by atoms with Crippen LogP contribution >= 0.6 is 0 Å². The maximum atomic E-state index is 13.3. The van der Waals surface area contributed by atoms with Crippen molar-refractivity contribution in [1.82, 2.24) is 4.90 Å². The summed E-state index contributed by atoms with van der Waals surface area (Å²) in [7, 11) is 0. The summed E-state index contributed by atoms with van der Waals surface area (Å²) in [6.45, 7) is 1.36. The second-order valence-electron chi connectivity index (χ2n) is 6.31. The minimum atomic E-state index is -1.02. The highest BCUT2D eigenvalue weighted by Gasteiger charge is 2.34. The van der Waals surface area contributed by atoms with E-state index in [2.05, 4.69) is 0 Å². The zero-order valence-electron chi connectivity index (χ0n) is 12.9. The second kappa shape index (κ2) is 6.64. The minimum Gasteiger partial charge on any atom is -0.332 e. The fourth-order valence-corrected chi connectivity index (χ4v) is 3.43. The van der Waals surface area contributed by atoms with E-state index in [-0.39, 0.29) is 5.69 Å². The molecule has 4 nitrogen and oxygen atoms in total. The third-order valence-electron chi connectivity index (χ3n) is 4.73. The van der Waals surface area contributed by atoms with Crippen LogP contribution in [0.2, 0.25) is 0 Å². The predicted octanol–water partition coefficient (Wildman–Crippen LogP) is 2.72. The molecule has 1 aliphatic carbocycles. The molecule has 0 aromatic heterocycles. The Morgan fingerprint density at radius 2 is 1.70 bits per heavy atom. The Bertz CT molecular complexity index is 615. The molecule has 1 heterocycles. The normalized spacial score (nSPS) is 20.3. The van der Waals surface area contributed by atoms with Gasteiger partial charge in [0.25, 0.3) is 0 Å². The number of hydrogen-bond donors (Lipinski definition) is 0. The molecule has 0 bridgehead atoms. The zero-order chi connectivity index (χ0) is 16.4. The van der Waals surface area contributed by atoms with E-state index in [0.717, 1.165) is 25.0 Å². The van der Waals surface area contributed by atoms with Crippen LogP contribution in [0.5, 0.6) is 0 Å². The van der Waals surface area contributed by atoms with Crippen LogP contribution in [0.1, 0.15) is 32.1 Å². The van der Waals surface area contributed by atoms with E-state index in [4.69, 9.17) is 0 Å². The van der Waals surface area contributed by atoms with Gasteiger partial charge in [-0.2, -0.15) is 0 Å². The Hall–Kier alpha value is -1.98. The van der Waals surface area contributed by atoms with Gasteiger partial charge in [-0.05, 0) is 30.9 Å². The van der Waals surface area contributed by atoms with E-state index in [0.29, 0.717) is 25.6 Å². The summed E-state index contributed by atoms with van der Waals surface area (Å²) in [5.74, 6) is -2.74. The molecule has 0 spiro atoms. The first-order valence-electron chi connectivity index (χ1n) is 8.12. The number of halogens is 2. The van der Waals surface area contributed by atoms with Crippen molar-refractivity contribution in [2.75, 3.05) is 24.5 Å². The van der Waals surface area contributed by atoms with Crippen LogP contribution in [0, 0.1) is 17.6 Å². The highest BCUT2D eigenvalue weighted by atomic mass is 19.2. The Morgan fingerprint density at radius 3 is 2.39 bits per heavy atom. The van der Waals surface area contributed by atoms with Crippen molar-refractivity contribution in [3.8, 4) is 0 Å². The lowest BCUT2D eigenvalue weighted by molar-refractivity contribution is -0.146. The molecule has 124 valence electrons. The number of amides is 2. The summed E-state index contributed by atoms with van der Waals surface area (Å²) in [5, 5.41) is 0. The van der Waals surface area contributed by atoms with Gasteiger partial charge in [0, 0.05) is 31.4 Å². The summed E-state index contributed by atoms with van der Waals surface area (Å²) >= 11 is 0. The zero-order valence-corrected chi connectivity index (χ0v) is 12.9. The molecule has 0 unspecified atom stereocenters. The van der Waals surface area contributed by atoms with E-state index < -0.39 is 23.4 Å². The van der Waals surface area contributed by atoms with E-state index >= 15 is 0 Å². The van der Waals surface area contributed by atoms with E-state index in [1.165, 1.54) is 30.2 Å². The first-order chi connectivity index (χ1) is 11.1. The van der Waals surface area contributed by atoms with E-state index in [1.807, 2.05) is 0 Å². The monoisotopic (exact) mass is 322 g/mol. The second-order valence-corrected chi connectivity index (χ2v) is 6.31. The highest BCUT2D eigenvalue weighted by molar-refractivity contribution is 6.40. The van der Waals surface area contributed by atoms with Crippen LogP contribution in [0.4, 0.5) is 14.5 Å². The van der Waals surface area contributed by atoms with Crippen LogP contribution in [0.25, 0.3) is 0 Å². The molecule has 1 aliphatic heterocycles. The van der Waals surface area contributed by atoms with Gasteiger partial charge in [-0.3, -0.25) is 9.59 Å². The predicted molar refractivity (Wildman–Crippen MR) is 81.9 cm³/mol. The lowest BCUT2D eigenvalue weighted by Crippen LogP contribution is -2.55. The average molecular weight is 322 g/mol. The van der Waals surface area contributed by atoms with Crippen molar-refractivity contribution < 1.29 is 18.4 Å². The number of hydrogen-bond acceptors (Lipinski definition) is 2. The van der Waals surface area contributed by atoms with Crippen molar-refractivity contribution in [1.29, 1.82) is 0 Å². The SMILES string of the molecule is O=C1C(=O)N(c2ccc(F)c(F)c2)CCN1CC1CCCCC1. The summed E-state index contributed by atoms with van der Waals surface area (Å²) < 4.78 is 26.3. The molecule has 1 aromatic rings. The van der Waals surface area contributed by atoms with Crippen molar-refractivity contribution in [3.05, 3.63) is 29.8 Å². The first-order valence-corrected chi connectivity index (χ1v) is 8.12. The Kier molecular flexibility index (Phi) is 4.59. The minimum absolute atomic E-state index is 0.222. The van der Waals surface area contributed by atoms with Gasteiger partial charge in [-0.1, -0.05) is 19.3 Å². The number of anilines is 1. The van der Waals surface area contributed by atoms with Gasteiger partial charge in [-0.25, -0.2) is 8.78 Å². The molecule has 2 aliphatic rings. The Balaban J connectivity index is 1.68. The molecule has 1 saturated carbocycles. The van der Waals surface area contributed by atoms with E-state index in [9.17, 15) is 18.4 Å². The van der Waals surface area contributed by atoms with Crippen molar-refractivity contribution in [2.24, 2.45) is 5.92 Å². The Labute approximate surface area is 134 Å². The molecular formula is C17H20F2N2O2. The van der Waals surface area contributed by atoms with Crippen molar-refractivity contribution in [2.45, 2.75) is 32.1 Å². The molecule has 23 heavy (non-hydrogen) atoms. The molecule has 1 aromatic carbocycles. The van der Waals surface area contributed by atoms with Crippen LogP contribution in [-0.4, -0.2) is 36.3 Å². The number of carbonyl (C=O) groups excluding carboxylic acids is 2. The van der Waals surface area contributed by atoms with Crippen LogP contribution in [-0.2, 0) is 9.59 Å². The third-order valence-corrected chi connectivity index (χ3v) is 4.73. The lowest BCUT2D eigenvalue weighted by Gasteiger charge is -2.36. The van der Waals surface area contributed by atoms with E-state index in [1.54, 1.807) is 4.90 Å². The number of nitrogens with zero attached hydrogens (tertiary/aromatic N) is 2. The number of piperazine rings is 1. The topological polar surface area (TPSA) is 40.6 Å². The summed E-state index contributed by atoms with van der Waals surface area (Å²) in [6.07, 6.45) is 5.81. The molecule has 1 saturated heterocycles. The molecule has 0 atom stereocenters. The molecule has 2 amide bonds. The van der Waals surface area contributed by atoms with Gasteiger partial charge in [0.1, 0.15) is 0 Å². The number of benzene rings is 1. The Morgan fingerprint density at radius 1 is 0.957 bits per heavy atom. The van der Waals surface area contributed by atoms with Gasteiger partial charge >= 0.3 is 11.8 Å². The van der Waals surface area contributed by atoms with Crippen LogP contribution in [0.3, 0.4) is 0 Å². The maximum Gasteiger partial charge on any atom is 0.316 e. The maximum absolute atomic E-state index is 13.3. The van der Waals surface area contributed by atoms with Crippen molar-refractivity contribution >= 4 is 17.5 Å².